The summed E-state index contributed by atoms with van der Waals surface area (Å²) in [5.74, 6) is -0.261. The lowest BCUT2D eigenvalue weighted by Crippen LogP contribution is -2.06. The van der Waals surface area contributed by atoms with Gasteiger partial charge in [-0.3, -0.25) is 4.79 Å². The van der Waals surface area contributed by atoms with Gasteiger partial charge in [-0.25, -0.2) is 0 Å². The monoisotopic (exact) mass is 304 g/mol. The molecular weight excluding hydrogens is 288 g/mol. The van der Waals surface area contributed by atoms with Crippen LogP contribution in [0.15, 0.2) is 54.7 Å². The molecule has 0 aliphatic rings. The third-order valence-corrected chi connectivity index (χ3v) is 3.80. The van der Waals surface area contributed by atoms with Crippen molar-refractivity contribution >= 4 is 16.9 Å². The number of aromatic amines is 1. The second-order valence-corrected chi connectivity index (χ2v) is 5.29. The summed E-state index contributed by atoms with van der Waals surface area (Å²) < 4.78 is 5.28. The van der Waals surface area contributed by atoms with E-state index in [0.29, 0.717) is 18.4 Å². The summed E-state index contributed by atoms with van der Waals surface area (Å²) in [6.07, 6.45) is 2.88. The summed E-state index contributed by atoms with van der Waals surface area (Å²) in [4.78, 5) is 15.1. The van der Waals surface area contributed by atoms with E-state index in [4.69, 9.17) is 10.00 Å². The number of esters is 1. The molecule has 1 aromatic heterocycles. The van der Waals surface area contributed by atoms with E-state index in [9.17, 15) is 4.79 Å². The van der Waals surface area contributed by atoms with Crippen molar-refractivity contribution in [1.82, 2.24) is 4.98 Å². The molecule has 0 saturated heterocycles. The predicted octanol–water partition coefficient (Wildman–Crippen LogP) is 3.72. The number of benzene rings is 2. The van der Waals surface area contributed by atoms with Crippen LogP contribution in [0.5, 0.6) is 0 Å². The van der Waals surface area contributed by atoms with Crippen LogP contribution in [0.2, 0.25) is 0 Å². The van der Waals surface area contributed by atoms with Gasteiger partial charge in [-0.15, -0.1) is 0 Å². The average Bonchev–Trinajstić information content (AvgIpc) is 3.01. The fourth-order valence-electron chi connectivity index (χ4n) is 2.56. The van der Waals surface area contributed by atoms with Gasteiger partial charge in [-0.1, -0.05) is 36.4 Å². The number of aromatic nitrogens is 1. The van der Waals surface area contributed by atoms with Crippen LogP contribution in [0.25, 0.3) is 10.9 Å². The Morgan fingerprint density at radius 1 is 1.09 bits per heavy atom. The Morgan fingerprint density at radius 3 is 2.74 bits per heavy atom. The summed E-state index contributed by atoms with van der Waals surface area (Å²) in [6.45, 7) is 0.135. The van der Waals surface area contributed by atoms with Gasteiger partial charge in [0.1, 0.15) is 6.61 Å². The summed E-state index contributed by atoms with van der Waals surface area (Å²) >= 11 is 0. The van der Waals surface area contributed by atoms with Crippen molar-refractivity contribution in [2.75, 3.05) is 0 Å². The van der Waals surface area contributed by atoms with E-state index in [0.717, 1.165) is 22.0 Å². The van der Waals surface area contributed by atoms with Gasteiger partial charge in [-0.05, 0) is 24.1 Å². The van der Waals surface area contributed by atoms with Crippen LogP contribution >= 0.6 is 0 Å². The minimum atomic E-state index is -0.261. The van der Waals surface area contributed by atoms with E-state index in [-0.39, 0.29) is 12.6 Å². The molecule has 0 aliphatic heterocycles. The normalized spacial score (nSPS) is 10.4. The highest BCUT2D eigenvalue weighted by Crippen LogP contribution is 2.19. The molecule has 2 aromatic carbocycles. The highest BCUT2D eigenvalue weighted by atomic mass is 16.5. The summed E-state index contributed by atoms with van der Waals surface area (Å²) in [5, 5.41) is 10.2. The Bertz CT molecular complexity index is 874. The number of hydrogen-bond donors (Lipinski definition) is 1. The molecule has 0 fully saturated rings. The van der Waals surface area contributed by atoms with Crippen molar-refractivity contribution in [3.63, 3.8) is 0 Å². The molecule has 4 nitrogen and oxygen atoms in total. The van der Waals surface area contributed by atoms with Crippen LogP contribution in [0, 0.1) is 11.3 Å². The first-order valence-electron chi connectivity index (χ1n) is 7.46. The number of hydrogen-bond acceptors (Lipinski definition) is 3. The third kappa shape index (κ3) is 3.41. The molecule has 3 aromatic rings. The zero-order valence-electron chi connectivity index (χ0n) is 12.6. The van der Waals surface area contributed by atoms with E-state index in [1.54, 1.807) is 18.2 Å². The summed E-state index contributed by atoms with van der Waals surface area (Å²) in [6, 6.07) is 17.2. The van der Waals surface area contributed by atoms with Crippen molar-refractivity contribution in [3.05, 3.63) is 71.4 Å². The van der Waals surface area contributed by atoms with Gasteiger partial charge in [0.15, 0.2) is 0 Å². The number of H-pyrrole nitrogens is 1. The van der Waals surface area contributed by atoms with Gasteiger partial charge in [-0.2, -0.15) is 5.26 Å². The Hall–Kier alpha value is -3.06. The zero-order chi connectivity index (χ0) is 16.1. The molecule has 0 spiro atoms. The fourth-order valence-corrected chi connectivity index (χ4v) is 2.56. The third-order valence-electron chi connectivity index (χ3n) is 3.80. The number of nitriles is 1. The van der Waals surface area contributed by atoms with Crippen LogP contribution < -0.4 is 0 Å². The quantitative estimate of drug-likeness (QED) is 0.731. The van der Waals surface area contributed by atoms with Crippen LogP contribution in [0.3, 0.4) is 0 Å². The molecule has 23 heavy (non-hydrogen) atoms. The average molecular weight is 304 g/mol. The number of aryl methyl sites for hydroxylation is 1. The molecule has 0 radical (unpaired) electrons. The number of rotatable bonds is 5. The Morgan fingerprint density at radius 2 is 1.87 bits per heavy atom. The Kier molecular flexibility index (Phi) is 4.39. The number of carbonyl (C=O) groups is 1. The largest absolute Gasteiger partial charge is 0.461 e. The lowest BCUT2D eigenvalue weighted by Gasteiger charge is -2.06. The Balaban J connectivity index is 1.57. The maximum atomic E-state index is 11.9. The number of carbonyl (C=O) groups excluding carboxylic acids is 1. The van der Waals surface area contributed by atoms with Gasteiger partial charge in [0.05, 0.1) is 11.6 Å². The molecule has 1 N–H and O–H groups in total. The standard InChI is InChI=1S/C19H16N2O2/c20-11-14-5-1-2-6-16(14)13-23-19(22)10-9-15-12-21-18-8-4-3-7-17(15)18/h1-8,12,21H,9-10,13H2. The minimum absolute atomic E-state index is 0.135. The van der Waals surface area contributed by atoms with Gasteiger partial charge >= 0.3 is 5.97 Å². The molecule has 114 valence electrons. The van der Waals surface area contributed by atoms with Crippen molar-refractivity contribution in [2.24, 2.45) is 0 Å². The lowest BCUT2D eigenvalue weighted by atomic mass is 10.1. The number of nitrogens with zero attached hydrogens (tertiary/aromatic N) is 1. The minimum Gasteiger partial charge on any atom is -0.461 e. The predicted molar refractivity (Wildman–Crippen MR) is 87.6 cm³/mol. The van der Waals surface area contributed by atoms with Crippen molar-refractivity contribution < 1.29 is 9.53 Å². The lowest BCUT2D eigenvalue weighted by molar-refractivity contribution is -0.144. The summed E-state index contributed by atoms with van der Waals surface area (Å²) in [7, 11) is 0. The van der Waals surface area contributed by atoms with E-state index in [2.05, 4.69) is 11.1 Å². The van der Waals surface area contributed by atoms with Crippen molar-refractivity contribution in [2.45, 2.75) is 19.4 Å². The first-order valence-corrected chi connectivity index (χ1v) is 7.46. The molecule has 0 bridgehead atoms. The van der Waals surface area contributed by atoms with Crippen LogP contribution in [-0.4, -0.2) is 11.0 Å². The molecule has 0 atom stereocenters. The Labute approximate surface area is 134 Å². The maximum Gasteiger partial charge on any atom is 0.306 e. The zero-order valence-corrected chi connectivity index (χ0v) is 12.6. The van der Waals surface area contributed by atoms with Crippen LogP contribution in [-0.2, 0) is 22.6 Å². The van der Waals surface area contributed by atoms with Gasteiger partial charge in [0, 0.05) is 29.1 Å². The first-order chi connectivity index (χ1) is 11.3. The van der Waals surface area contributed by atoms with Crippen LogP contribution in [0.4, 0.5) is 0 Å². The SMILES string of the molecule is N#Cc1ccccc1COC(=O)CCc1c[nH]c2ccccc12. The van der Waals surface area contributed by atoms with Gasteiger partial charge in [0.2, 0.25) is 0 Å². The fraction of sp³-hybridized carbons (Fsp3) is 0.158. The molecule has 0 unspecified atom stereocenters. The molecule has 1 heterocycles. The van der Waals surface area contributed by atoms with E-state index >= 15 is 0 Å². The van der Waals surface area contributed by atoms with E-state index in [1.165, 1.54) is 0 Å². The van der Waals surface area contributed by atoms with Gasteiger partial charge in [0.25, 0.3) is 0 Å². The topological polar surface area (TPSA) is 65.9 Å². The number of nitrogens with one attached hydrogen (secondary N) is 1. The van der Waals surface area contributed by atoms with Crippen LogP contribution in [0.1, 0.15) is 23.1 Å². The maximum absolute atomic E-state index is 11.9. The van der Waals surface area contributed by atoms with E-state index in [1.807, 2.05) is 36.5 Å². The molecule has 0 amide bonds. The second kappa shape index (κ2) is 6.80. The second-order valence-electron chi connectivity index (χ2n) is 5.29. The highest BCUT2D eigenvalue weighted by Gasteiger charge is 2.09. The number of para-hydroxylation sites is 1. The van der Waals surface area contributed by atoms with Crippen molar-refractivity contribution in [3.8, 4) is 6.07 Å². The van der Waals surface area contributed by atoms with Gasteiger partial charge < -0.3 is 9.72 Å². The number of fused-ring (bicyclic) bond motifs is 1. The highest BCUT2D eigenvalue weighted by molar-refractivity contribution is 5.83. The molecule has 4 heteroatoms. The molecule has 3 rings (SSSR count). The number of ether oxygens (including phenoxy) is 1. The molecular formula is C19H16N2O2. The first kappa shape index (κ1) is 14.9. The smallest absolute Gasteiger partial charge is 0.306 e. The summed E-state index contributed by atoms with van der Waals surface area (Å²) in [5.41, 5.74) is 3.45. The molecule has 0 aliphatic carbocycles. The molecule has 0 saturated carbocycles. The van der Waals surface area contributed by atoms with E-state index < -0.39 is 0 Å². The van der Waals surface area contributed by atoms with Crippen molar-refractivity contribution in [1.29, 1.82) is 5.26 Å².